The van der Waals surface area contributed by atoms with Gasteiger partial charge in [-0.2, -0.15) is 0 Å². The Balaban J connectivity index is 2.76. The van der Waals surface area contributed by atoms with Crippen LogP contribution in [0.5, 0.6) is 0 Å². The molecule has 16 heavy (non-hydrogen) atoms. The topological polar surface area (TPSA) is 83.6 Å². The van der Waals surface area contributed by atoms with Crippen molar-refractivity contribution in [3.63, 3.8) is 0 Å². The van der Waals surface area contributed by atoms with Gasteiger partial charge in [-0.15, -0.1) is 0 Å². The van der Waals surface area contributed by atoms with E-state index in [-0.39, 0.29) is 18.5 Å². The fourth-order valence-corrected chi connectivity index (χ4v) is 2.32. The highest BCUT2D eigenvalue weighted by molar-refractivity contribution is 5.84. The van der Waals surface area contributed by atoms with E-state index in [1.807, 2.05) is 0 Å². The van der Waals surface area contributed by atoms with Gasteiger partial charge >= 0.3 is 5.97 Å². The molecule has 1 aliphatic rings. The molecule has 1 amide bonds. The molecular formula is C11H20N2O3. The van der Waals surface area contributed by atoms with E-state index in [9.17, 15) is 9.59 Å². The molecule has 1 saturated carbocycles. The number of carboxylic acid groups (broad SMARTS) is 1. The van der Waals surface area contributed by atoms with E-state index >= 15 is 0 Å². The van der Waals surface area contributed by atoms with Crippen LogP contribution in [0.3, 0.4) is 0 Å². The minimum atomic E-state index is -0.965. The number of carboxylic acids is 1. The Morgan fingerprint density at radius 3 is 2.38 bits per heavy atom. The van der Waals surface area contributed by atoms with E-state index in [4.69, 9.17) is 10.8 Å². The van der Waals surface area contributed by atoms with Gasteiger partial charge in [-0.1, -0.05) is 19.3 Å². The molecular weight excluding hydrogens is 208 g/mol. The van der Waals surface area contributed by atoms with E-state index in [1.54, 1.807) is 6.92 Å². The Hall–Kier alpha value is -1.10. The van der Waals surface area contributed by atoms with Gasteiger partial charge in [0, 0.05) is 6.04 Å². The zero-order valence-electron chi connectivity index (χ0n) is 9.69. The number of carbonyl (C=O) groups excluding carboxylic acids is 1. The van der Waals surface area contributed by atoms with E-state index in [1.165, 1.54) is 11.3 Å². The van der Waals surface area contributed by atoms with Gasteiger partial charge in [0.05, 0.1) is 6.54 Å². The molecule has 1 aliphatic carbocycles. The number of nitrogens with two attached hydrogens (primary N) is 1. The minimum Gasteiger partial charge on any atom is -0.480 e. The maximum Gasteiger partial charge on any atom is 0.326 e. The van der Waals surface area contributed by atoms with E-state index in [0.717, 1.165) is 25.7 Å². The molecule has 0 bridgehead atoms. The molecule has 0 heterocycles. The van der Waals surface area contributed by atoms with Gasteiger partial charge in [0.1, 0.15) is 6.04 Å². The van der Waals surface area contributed by atoms with Crippen molar-refractivity contribution in [2.45, 2.75) is 51.1 Å². The molecule has 0 aromatic carbocycles. The third-order valence-corrected chi connectivity index (χ3v) is 3.21. The minimum absolute atomic E-state index is 0.0518. The largest absolute Gasteiger partial charge is 0.480 e. The quantitative estimate of drug-likeness (QED) is 0.737. The first-order chi connectivity index (χ1) is 7.57. The molecule has 0 spiro atoms. The molecule has 0 saturated heterocycles. The van der Waals surface area contributed by atoms with Crippen LogP contribution in [0, 0.1) is 0 Å². The molecule has 0 aromatic rings. The normalized spacial score (nSPS) is 19.1. The van der Waals surface area contributed by atoms with Crippen LogP contribution in [0.15, 0.2) is 0 Å². The molecule has 1 atom stereocenters. The predicted molar refractivity (Wildman–Crippen MR) is 59.9 cm³/mol. The van der Waals surface area contributed by atoms with Gasteiger partial charge in [0.15, 0.2) is 0 Å². The van der Waals surface area contributed by atoms with Crippen molar-refractivity contribution >= 4 is 11.9 Å². The molecule has 0 aromatic heterocycles. The van der Waals surface area contributed by atoms with Gasteiger partial charge in [-0.25, -0.2) is 4.79 Å². The zero-order valence-corrected chi connectivity index (χ0v) is 9.69. The van der Waals surface area contributed by atoms with Crippen LogP contribution in [0.4, 0.5) is 0 Å². The molecule has 1 unspecified atom stereocenters. The van der Waals surface area contributed by atoms with Gasteiger partial charge in [-0.3, -0.25) is 4.79 Å². The Morgan fingerprint density at radius 1 is 1.38 bits per heavy atom. The SMILES string of the molecule is CC(C(=O)O)N(C(=O)CN)C1CCCCC1. The highest BCUT2D eigenvalue weighted by Crippen LogP contribution is 2.24. The number of hydrogen-bond donors (Lipinski definition) is 2. The smallest absolute Gasteiger partial charge is 0.326 e. The van der Waals surface area contributed by atoms with Crippen molar-refractivity contribution in [2.24, 2.45) is 5.73 Å². The lowest BCUT2D eigenvalue weighted by Gasteiger charge is -2.36. The third kappa shape index (κ3) is 2.95. The fourth-order valence-electron chi connectivity index (χ4n) is 2.32. The van der Waals surface area contributed by atoms with Crippen LogP contribution in [0.1, 0.15) is 39.0 Å². The zero-order chi connectivity index (χ0) is 12.1. The summed E-state index contributed by atoms with van der Waals surface area (Å²) in [5.74, 6) is -1.23. The number of amides is 1. The maximum atomic E-state index is 11.7. The van der Waals surface area contributed by atoms with E-state index in [0.29, 0.717) is 0 Å². The lowest BCUT2D eigenvalue weighted by molar-refractivity contribution is -0.151. The van der Waals surface area contributed by atoms with Crippen LogP contribution >= 0.6 is 0 Å². The van der Waals surface area contributed by atoms with Gasteiger partial charge in [-0.05, 0) is 19.8 Å². The summed E-state index contributed by atoms with van der Waals surface area (Å²) in [6.45, 7) is 1.43. The average molecular weight is 228 g/mol. The van der Waals surface area contributed by atoms with Gasteiger partial charge in [0.2, 0.25) is 5.91 Å². The van der Waals surface area contributed by atoms with Crippen LogP contribution in [-0.2, 0) is 9.59 Å². The Bertz CT molecular complexity index is 262. The lowest BCUT2D eigenvalue weighted by Crippen LogP contribution is -2.52. The first kappa shape index (κ1) is 13.0. The van der Waals surface area contributed by atoms with Gasteiger partial charge < -0.3 is 15.7 Å². The molecule has 0 radical (unpaired) electrons. The van der Waals surface area contributed by atoms with Crippen LogP contribution in [-0.4, -0.2) is 40.5 Å². The Morgan fingerprint density at radius 2 is 1.94 bits per heavy atom. The Labute approximate surface area is 95.6 Å². The summed E-state index contributed by atoms with van der Waals surface area (Å²) in [5, 5.41) is 8.99. The fraction of sp³-hybridized carbons (Fsp3) is 0.818. The summed E-state index contributed by atoms with van der Waals surface area (Å²) in [5.41, 5.74) is 5.33. The molecule has 5 heteroatoms. The summed E-state index contributed by atoms with van der Waals surface area (Å²) in [7, 11) is 0. The van der Waals surface area contributed by atoms with Crippen molar-refractivity contribution in [3.8, 4) is 0 Å². The number of aliphatic carboxylic acids is 1. The molecule has 5 nitrogen and oxygen atoms in total. The number of rotatable bonds is 4. The van der Waals surface area contributed by atoms with E-state index < -0.39 is 12.0 Å². The summed E-state index contributed by atoms with van der Waals surface area (Å²) < 4.78 is 0. The first-order valence-electron chi connectivity index (χ1n) is 5.82. The summed E-state index contributed by atoms with van der Waals surface area (Å²) in [4.78, 5) is 24.1. The summed E-state index contributed by atoms with van der Waals surface area (Å²) >= 11 is 0. The highest BCUT2D eigenvalue weighted by atomic mass is 16.4. The van der Waals surface area contributed by atoms with E-state index in [2.05, 4.69) is 0 Å². The van der Waals surface area contributed by atoms with Crippen molar-refractivity contribution in [2.75, 3.05) is 6.54 Å². The second kappa shape index (κ2) is 5.84. The summed E-state index contributed by atoms with van der Waals surface area (Å²) in [6.07, 6.45) is 5.08. The standard InChI is InChI=1S/C11H20N2O3/c1-8(11(15)16)13(10(14)7-12)9-5-3-2-4-6-9/h8-9H,2-7,12H2,1H3,(H,15,16). The van der Waals surface area contributed by atoms with Gasteiger partial charge in [0.25, 0.3) is 0 Å². The monoisotopic (exact) mass is 228 g/mol. The molecule has 0 aliphatic heterocycles. The molecule has 1 rings (SSSR count). The van der Waals surface area contributed by atoms with Crippen LogP contribution in [0.2, 0.25) is 0 Å². The van der Waals surface area contributed by atoms with Crippen LogP contribution in [0.25, 0.3) is 0 Å². The maximum absolute atomic E-state index is 11.7. The van der Waals surface area contributed by atoms with Crippen molar-refractivity contribution in [1.29, 1.82) is 0 Å². The predicted octanol–water partition coefficient (Wildman–Crippen LogP) is 0.579. The highest BCUT2D eigenvalue weighted by Gasteiger charge is 2.31. The number of carbonyl (C=O) groups is 2. The average Bonchev–Trinajstić information content (AvgIpc) is 2.30. The summed E-state index contributed by atoms with van der Waals surface area (Å²) in [6, 6.07) is -0.727. The van der Waals surface area contributed by atoms with Crippen LogP contribution < -0.4 is 5.73 Å². The Kier molecular flexibility index (Phi) is 4.73. The molecule has 3 N–H and O–H groups in total. The number of nitrogens with zero attached hydrogens (tertiary/aromatic N) is 1. The second-order valence-corrected chi connectivity index (χ2v) is 4.31. The van der Waals surface area contributed by atoms with Crippen molar-refractivity contribution < 1.29 is 14.7 Å². The lowest BCUT2D eigenvalue weighted by atomic mass is 9.93. The van der Waals surface area contributed by atoms with Crippen molar-refractivity contribution in [3.05, 3.63) is 0 Å². The second-order valence-electron chi connectivity index (χ2n) is 4.31. The molecule has 92 valence electrons. The first-order valence-corrected chi connectivity index (χ1v) is 5.82. The molecule has 1 fully saturated rings. The van der Waals surface area contributed by atoms with Crippen molar-refractivity contribution in [1.82, 2.24) is 4.90 Å². The third-order valence-electron chi connectivity index (χ3n) is 3.21. The number of hydrogen-bond acceptors (Lipinski definition) is 3.